The van der Waals surface area contributed by atoms with Crippen LogP contribution in [0.5, 0.6) is 0 Å². The Labute approximate surface area is 120 Å². The van der Waals surface area contributed by atoms with E-state index in [9.17, 15) is 9.59 Å². The van der Waals surface area contributed by atoms with Gasteiger partial charge in [-0.3, -0.25) is 9.59 Å². The third-order valence-electron chi connectivity index (χ3n) is 2.56. The number of carbonyl (C=O) groups is 2. The minimum atomic E-state index is -0.342. The molecule has 0 fully saturated rings. The monoisotopic (exact) mass is 290 g/mol. The summed E-state index contributed by atoms with van der Waals surface area (Å²) in [6.45, 7) is 8.51. The standard InChI is InChI=1S/C14H26O4S/c1-5-7-9-17-13(15)11(3)19-12(4)14(16)18-10-8-6-2/h11-12H,5-10H2,1-4H3/t11-,12-/m0/s1. The molecule has 0 N–H and O–H groups in total. The highest BCUT2D eigenvalue weighted by molar-refractivity contribution is 8.01. The predicted molar refractivity (Wildman–Crippen MR) is 78.2 cm³/mol. The van der Waals surface area contributed by atoms with Crippen molar-refractivity contribution in [3.63, 3.8) is 0 Å². The molecule has 0 aromatic carbocycles. The molecule has 2 atom stereocenters. The smallest absolute Gasteiger partial charge is 0.318 e. The van der Waals surface area contributed by atoms with Crippen molar-refractivity contribution < 1.29 is 19.1 Å². The van der Waals surface area contributed by atoms with Gasteiger partial charge in [-0.1, -0.05) is 26.7 Å². The van der Waals surface area contributed by atoms with E-state index in [0.29, 0.717) is 13.2 Å². The van der Waals surface area contributed by atoms with Gasteiger partial charge in [-0.25, -0.2) is 0 Å². The van der Waals surface area contributed by atoms with Crippen LogP contribution in [0.1, 0.15) is 53.4 Å². The lowest BCUT2D eigenvalue weighted by molar-refractivity contribution is -0.142. The fraction of sp³-hybridized carbons (Fsp3) is 0.857. The maximum Gasteiger partial charge on any atom is 0.318 e. The minimum Gasteiger partial charge on any atom is -0.465 e. The van der Waals surface area contributed by atoms with Crippen LogP contribution in [0.4, 0.5) is 0 Å². The normalized spacial score (nSPS) is 13.7. The molecule has 0 unspecified atom stereocenters. The van der Waals surface area contributed by atoms with Crippen molar-refractivity contribution in [2.75, 3.05) is 13.2 Å². The number of carbonyl (C=O) groups excluding carboxylic acids is 2. The predicted octanol–water partition coefficient (Wildman–Crippen LogP) is 3.18. The molecule has 0 aliphatic rings. The zero-order valence-electron chi connectivity index (χ0n) is 12.4. The minimum absolute atomic E-state index is 0.258. The van der Waals surface area contributed by atoms with E-state index < -0.39 is 0 Å². The van der Waals surface area contributed by atoms with Gasteiger partial charge in [0.1, 0.15) is 10.5 Å². The zero-order valence-corrected chi connectivity index (χ0v) is 13.3. The molecule has 0 saturated heterocycles. The Morgan fingerprint density at radius 1 is 0.895 bits per heavy atom. The van der Waals surface area contributed by atoms with Gasteiger partial charge in [-0.15, -0.1) is 11.8 Å². The lowest BCUT2D eigenvalue weighted by atomic mass is 10.4. The Hall–Kier alpha value is -0.710. The van der Waals surface area contributed by atoms with Crippen molar-refractivity contribution >= 4 is 23.7 Å². The van der Waals surface area contributed by atoms with Crippen molar-refractivity contribution in [2.45, 2.75) is 63.9 Å². The van der Waals surface area contributed by atoms with Crippen LogP contribution in [0, 0.1) is 0 Å². The first-order chi connectivity index (χ1) is 9.02. The summed E-state index contributed by atoms with van der Waals surface area (Å²) in [5, 5.41) is -0.684. The van der Waals surface area contributed by atoms with E-state index in [-0.39, 0.29) is 22.4 Å². The molecule has 19 heavy (non-hydrogen) atoms. The highest BCUT2D eigenvalue weighted by Crippen LogP contribution is 2.20. The number of hydrogen-bond donors (Lipinski definition) is 0. The third kappa shape index (κ3) is 8.92. The summed E-state index contributed by atoms with van der Waals surface area (Å²) in [4.78, 5) is 23.3. The van der Waals surface area contributed by atoms with Gasteiger partial charge in [0, 0.05) is 0 Å². The second-order valence-electron chi connectivity index (χ2n) is 4.46. The second-order valence-corrected chi connectivity index (χ2v) is 6.15. The van der Waals surface area contributed by atoms with Crippen LogP contribution in [0.15, 0.2) is 0 Å². The zero-order chi connectivity index (χ0) is 14.7. The van der Waals surface area contributed by atoms with Gasteiger partial charge in [0.15, 0.2) is 0 Å². The maximum atomic E-state index is 11.6. The third-order valence-corrected chi connectivity index (χ3v) is 3.76. The van der Waals surface area contributed by atoms with Crippen LogP contribution in [-0.4, -0.2) is 35.7 Å². The van der Waals surface area contributed by atoms with Crippen LogP contribution >= 0.6 is 11.8 Å². The van der Waals surface area contributed by atoms with Gasteiger partial charge in [0.25, 0.3) is 0 Å². The SMILES string of the molecule is CCCCOC(=O)[C@H](C)S[C@@H](C)C(=O)OCCCC. The molecule has 0 aliphatic carbocycles. The summed E-state index contributed by atoms with van der Waals surface area (Å²) >= 11 is 1.28. The molecular weight excluding hydrogens is 264 g/mol. The van der Waals surface area contributed by atoms with Crippen molar-refractivity contribution in [3.8, 4) is 0 Å². The summed E-state index contributed by atoms with van der Waals surface area (Å²) in [5.41, 5.74) is 0. The highest BCUT2D eigenvalue weighted by Gasteiger charge is 2.23. The topological polar surface area (TPSA) is 52.6 Å². The quantitative estimate of drug-likeness (QED) is 0.457. The van der Waals surface area contributed by atoms with E-state index in [2.05, 4.69) is 0 Å². The average Bonchev–Trinajstić information content (AvgIpc) is 2.38. The van der Waals surface area contributed by atoms with Crippen molar-refractivity contribution in [2.24, 2.45) is 0 Å². The molecular formula is C14H26O4S. The van der Waals surface area contributed by atoms with E-state index in [1.807, 2.05) is 13.8 Å². The van der Waals surface area contributed by atoms with Gasteiger partial charge in [0.05, 0.1) is 13.2 Å². The Kier molecular flexibility index (Phi) is 10.7. The molecule has 4 nitrogen and oxygen atoms in total. The summed E-state index contributed by atoms with van der Waals surface area (Å²) in [5.74, 6) is -0.515. The van der Waals surface area contributed by atoms with Crippen LogP contribution in [0.25, 0.3) is 0 Å². The summed E-state index contributed by atoms with van der Waals surface area (Å²) in [7, 11) is 0. The van der Waals surface area contributed by atoms with Crippen molar-refractivity contribution in [1.29, 1.82) is 0 Å². The van der Waals surface area contributed by atoms with Crippen LogP contribution in [0.3, 0.4) is 0 Å². The first-order valence-corrected chi connectivity index (χ1v) is 7.95. The Morgan fingerprint density at radius 3 is 1.58 bits per heavy atom. The molecule has 0 amide bonds. The number of ether oxygens (including phenoxy) is 2. The molecule has 112 valence electrons. The number of rotatable bonds is 10. The molecule has 0 aliphatic heterocycles. The Balaban J connectivity index is 3.92. The molecule has 0 spiro atoms. The van der Waals surface area contributed by atoms with Crippen molar-refractivity contribution in [3.05, 3.63) is 0 Å². The van der Waals surface area contributed by atoms with Gasteiger partial charge in [-0.2, -0.15) is 0 Å². The molecule has 0 radical (unpaired) electrons. The molecule has 0 heterocycles. The summed E-state index contributed by atoms with van der Waals surface area (Å²) in [6, 6.07) is 0. The highest BCUT2D eigenvalue weighted by atomic mass is 32.2. The van der Waals surface area contributed by atoms with E-state index in [1.54, 1.807) is 13.8 Å². The first-order valence-electron chi connectivity index (χ1n) is 7.01. The summed E-state index contributed by atoms with van der Waals surface area (Å²) < 4.78 is 10.2. The number of hydrogen-bond acceptors (Lipinski definition) is 5. The van der Waals surface area contributed by atoms with Crippen LogP contribution in [-0.2, 0) is 19.1 Å². The van der Waals surface area contributed by atoms with E-state index in [0.717, 1.165) is 25.7 Å². The molecule has 0 aromatic rings. The Morgan fingerprint density at radius 2 is 1.26 bits per heavy atom. The summed E-state index contributed by atoms with van der Waals surface area (Å²) in [6.07, 6.45) is 3.74. The average molecular weight is 290 g/mol. The van der Waals surface area contributed by atoms with E-state index in [4.69, 9.17) is 9.47 Å². The van der Waals surface area contributed by atoms with Crippen LogP contribution in [0.2, 0.25) is 0 Å². The maximum absolute atomic E-state index is 11.6. The fourth-order valence-corrected chi connectivity index (χ4v) is 2.26. The van der Waals surface area contributed by atoms with E-state index in [1.165, 1.54) is 11.8 Å². The van der Waals surface area contributed by atoms with E-state index >= 15 is 0 Å². The molecule has 0 rings (SSSR count). The number of unbranched alkanes of at least 4 members (excludes halogenated alkanes) is 2. The second kappa shape index (κ2) is 11.1. The molecule has 0 aromatic heterocycles. The molecule has 0 bridgehead atoms. The van der Waals surface area contributed by atoms with Crippen LogP contribution < -0.4 is 0 Å². The van der Waals surface area contributed by atoms with Crippen molar-refractivity contribution in [1.82, 2.24) is 0 Å². The largest absolute Gasteiger partial charge is 0.465 e. The number of esters is 2. The van der Waals surface area contributed by atoms with Gasteiger partial charge >= 0.3 is 11.9 Å². The Bertz CT molecular complexity index is 242. The lowest BCUT2D eigenvalue weighted by Crippen LogP contribution is -2.25. The first kappa shape index (κ1) is 18.3. The fourth-order valence-electron chi connectivity index (χ4n) is 1.29. The molecule has 5 heteroatoms. The lowest BCUT2D eigenvalue weighted by Gasteiger charge is -2.15. The number of thioether (sulfide) groups is 1. The van der Waals surface area contributed by atoms with Gasteiger partial charge < -0.3 is 9.47 Å². The molecule has 0 saturated carbocycles. The van der Waals surface area contributed by atoms with Gasteiger partial charge in [0.2, 0.25) is 0 Å². The van der Waals surface area contributed by atoms with Gasteiger partial charge in [-0.05, 0) is 26.7 Å².